The Bertz CT molecular complexity index is 694. The molecule has 3 rings (SSSR count). The lowest BCUT2D eigenvalue weighted by Gasteiger charge is -2.20. The summed E-state index contributed by atoms with van der Waals surface area (Å²) in [6.07, 6.45) is 3.29. The van der Waals surface area contributed by atoms with Crippen LogP contribution in [-0.2, 0) is 4.74 Å². The van der Waals surface area contributed by atoms with Gasteiger partial charge < -0.3 is 19.0 Å². The zero-order valence-electron chi connectivity index (χ0n) is 11.5. The number of benzene rings is 1. The third-order valence-corrected chi connectivity index (χ3v) is 4.34. The Morgan fingerprint density at radius 3 is 2.85 bits per heavy atom. The first-order valence-corrected chi connectivity index (χ1v) is 7.07. The predicted octanol–water partition coefficient (Wildman–Crippen LogP) is 3.59. The van der Waals surface area contributed by atoms with Gasteiger partial charge in [0.1, 0.15) is 0 Å². The smallest absolute Gasteiger partial charge is 0.178 e. The van der Waals surface area contributed by atoms with Crippen molar-refractivity contribution in [2.45, 2.75) is 31.4 Å². The van der Waals surface area contributed by atoms with Gasteiger partial charge in [-0.05, 0) is 31.5 Å². The molecule has 6 heteroatoms. The van der Waals surface area contributed by atoms with E-state index < -0.39 is 5.82 Å². The number of nitrogens with zero attached hydrogens (tertiary/aromatic N) is 1. The lowest BCUT2D eigenvalue weighted by Crippen LogP contribution is -2.20. The van der Waals surface area contributed by atoms with Crippen molar-refractivity contribution in [3.8, 4) is 5.75 Å². The number of ether oxygens (including phenoxy) is 2. The second-order valence-corrected chi connectivity index (χ2v) is 5.46. The Hall–Kier alpha value is -1.40. The van der Waals surface area contributed by atoms with Crippen molar-refractivity contribution in [3.63, 3.8) is 0 Å². The van der Waals surface area contributed by atoms with Gasteiger partial charge >= 0.3 is 0 Å². The number of imidazole rings is 1. The highest BCUT2D eigenvalue weighted by Gasteiger charge is 2.30. The quantitative estimate of drug-likeness (QED) is 0.880. The molecule has 20 heavy (non-hydrogen) atoms. The van der Waals surface area contributed by atoms with Gasteiger partial charge in [-0.25, -0.2) is 4.39 Å². The molecule has 1 aromatic heterocycles. The van der Waals surface area contributed by atoms with Crippen molar-refractivity contribution in [3.05, 3.63) is 22.7 Å². The molecule has 0 saturated heterocycles. The van der Waals surface area contributed by atoms with E-state index in [1.165, 1.54) is 13.2 Å². The first kappa shape index (κ1) is 13.6. The molecule has 1 aliphatic rings. The molecule has 1 saturated carbocycles. The number of rotatable bonds is 3. The highest BCUT2D eigenvalue weighted by Crippen LogP contribution is 2.36. The topological polar surface area (TPSA) is 39.2 Å². The molecule has 2 aromatic rings. The van der Waals surface area contributed by atoms with E-state index in [9.17, 15) is 4.39 Å². The van der Waals surface area contributed by atoms with Crippen LogP contribution in [-0.4, -0.2) is 29.9 Å². The molecular weight excluding hydrogens is 279 g/mol. The van der Waals surface area contributed by atoms with E-state index in [4.69, 9.17) is 21.7 Å². The van der Waals surface area contributed by atoms with E-state index in [0.29, 0.717) is 10.3 Å². The molecule has 1 heterocycles. The maximum atomic E-state index is 13.8. The van der Waals surface area contributed by atoms with E-state index >= 15 is 0 Å². The minimum atomic E-state index is -0.391. The molecular formula is C14H17FN2O2S. The van der Waals surface area contributed by atoms with Crippen molar-refractivity contribution in [2.75, 3.05) is 14.2 Å². The lowest BCUT2D eigenvalue weighted by atomic mass is 10.2. The van der Waals surface area contributed by atoms with E-state index in [-0.39, 0.29) is 17.9 Å². The number of aromatic amines is 1. The van der Waals surface area contributed by atoms with E-state index in [1.807, 2.05) is 4.57 Å². The Balaban J connectivity index is 2.19. The summed E-state index contributed by atoms with van der Waals surface area (Å²) in [6, 6.07) is 3.32. The van der Waals surface area contributed by atoms with Gasteiger partial charge in [0, 0.05) is 19.2 Å². The maximum absolute atomic E-state index is 13.8. The van der Waals surface area contributed by atoms with Gasteiger partial charge in [-0.1, -0.05) is 0 Å². The van der Waals surface area contributed by atoms with Crippen LogP contribution in [0.3, 0.4) is 0 Å². The van der Waals surface area contributed by atoms with Gasteiger partial charge in [-0.15, -0.1) is 0 Å². The van der Waals surface area contributed by atoms with Crippen LogP contribution in [0.15, 0.2) is 12.1 Å². The van der Waals surface area contributed by atoms with Crippen LogP contribution < -0.4 is 4.74 Å². The second kappa shape index (κ2) is 5.18. The molecule has 108 valence electrons. The molecule has 1 aliphatic carbocycles. The van der Waals surface area contributed by atoms with E-state index in [0.717, 1.165) is 24.8 Å². The summed E-state index contributed by atoms with van der Waals surface area (Å²) in [6.45, 7) is 0. The maximum Gasteiger partial charge on any atom is 0.178 e. The van der Waals surface area contributed by atoms with Crippen LogP contribution in [0.4, 0.5) is 4.39 Å². The molecule has 4 nitrogen and oxygen atoms in total. The van der Waals surface area contributed by atoms with Gasteiger partial charge in [0.05, 0.1) is 30.3 Å². The van der Waals surface area contributed by atoms with Crippen molar-refractivity contribution in [1.82, 2.24) is 9.55 Å². The highest BCUT2D eigenvalue weighted by atomic mass is 32.1. The molecule has 1 aromatic carbocycles. The van der Waals surface area contributed by atoms with Gasteiger partial charge in [0.15, 0.2) is 16.3 Å². The highest BCUT2D eigenvalue weighted by molar-refractivity contribution is 7.71. The Morgan fingerprint density at radius 2 is 2.15 bits per heavy atom. The molecule has 0 amide bonds. The molecule has 0 aliphatic heterocycles. The Morgan fingerprint density at radius 1 is 1.35 bits per heavy atom. The number of H-pyrrole nitrogens is 1. The lowest BCUT2D eigenvalue weighted by molar-refractivity contribution is 0.0757. The first-order chi connectivity index (χ1) is 9.65. The van der Waals surface area contributed by atoms with Gasteiger partial charge in [-0.2, -0.15) is 0 Å². The summed E-state index contributed by atoms with van der Waals surface area (Å²) in [7, 11) is 3.19. The average molecular weight is 296 g/mol. The first-order valence-electron chi connectivity index (χ1n) is 6.66. The third kappa shape index (κ3) is 2.03. The SMILES string of the molecule is COc1cc2c(cc1F)[nH]c(=S)n2C1CCCC1OC. The molecule has 1 N–H and O–H groups in total. The fourth-order valence-electron chi connectivity index (χ4n) is 3.09. The van der Waals surface area contributed by atoms with Crippen LogP contribution >= 0.6 is 12.2 Å². The molecule has 0 radical (unpaired) electrons. The third-order valence-electron chi connectivity index (χ3n) is 4.04. The minimum absolute atomic E-state index is 0.150. The number of halogens is 1. The predicted molar refractivity (Wildman–Crippen MR) is 77.3 cm³/mol. The van der Waals surface area contributed by atoms with Crippen molar-refractivity contribution in [1.29, 1.82) is 0 Å². The second-order valence-electron chi connectivity index (χ2n) is 5.08. The van der Waals surface area contributed by atoms with Crippen LogP contribution in [0.2, 0.25) is 0 Å². The summed E-state index contributed by atoms with van der Waals surface area (Å²) in [5.74, 6) is -0.162. The number of fused-ring (bicyclic) bond motifs is 1. The largest absolute Gasteiger partial charge is 0.494 e. The minimum Gasteiger partial charge on any atom is -0.494 e. The van der Waals surface area contributed by atoms with Gasteiger partial charge in [0.2, 0.25) is 0 Å². The molecule has 2 atom stereocenters. The van der Waals surface area contributed by atoms with E-state index in [2.05, 4.69) is 4.98 Å². The van der Waals surface area contributed by atoms with Gasteiger partial charge in [0.25, 0.3) is 0 Å². The fourth-order valence-corrected chi connectivity index (χ4v) is 3.43. The Kier molecular flexibility index (Phi) is 3.52. The molecule has 2 unspecified atom stereocenters. The van der Waals surface area contributed by atoms with Crippen molar-refractivity contribution in [2.24, 2.45) is 0 Å². The number of aromatic nitrogens is 2. The molecule has 0 bridgehead atoms. The standard InChI is InChI=1S/C14H17FN2O2S/c1-18-12-5-3-4-10(12)17-11-7-13(19-2)8(15)6-9(11)16-14(17)20/h6-7,10,12H,3-5H2,1-2H3,(H,16,20). The summed E-state index contributed by atoms with van der Waals surface area (Å²) in [4.78, 5) is 3.07. The molecule has 1 fully saturated rings. The van der Waals surface area contributed by atoms with Crippen molar-refractivity contribution >= 4 is 23.3 Å². The zero-order chi connectivity index (χ0) is 14.3. The summed E-state index contributed by atoms with van der Waals surface area (Å²) >= 11 is 5.40. The average Bonchev–Trinajstić information content (AvgIpc) is 3.00. The summed E-state index contributed by atoms with van der Waals surface area (Å²) in [5, 5.41) is 0. The van der Waals surface area contributed by atoms with Crippen LogP contribution in [0.5, 0.6) is 5.75 Å². The van der Waals surface area contributed by atoms with Gasteiger partial charge in [-0.3, -0.25) is 0 Å². The van der Waals surface area contributed by atoms with Crippen molar-refractivity contribution < 1.29 is 13.9 Å². The zero-order valence-corrected chi connectivity index (χ0v) is 12.3. The number of methoxy groups -OCH3 is 2. The van der Waals surface area contributed by atoms with E-state index in [1.54, 1.807) is 13.2 Å². The van der Waals surface area contributed by atoms with Crippen LogP contribution in [0.1, 0.15) is 25.3 Å². The van der Waals surface area contributed by atoms with Crippen LogP contribution in [0, 0.1) is 10.6 Å². The monoisotopic (exact) mass is 296 g/mol. The number of hydrogen-bond donors (Lipinski definition) is 1. The Labute approximate surface area is 121 Å². The van der Waals surface area contributed by atoms with Crippen LogP contribution in [0.25, 0.3) is 11.0 Å². The number of nitrogens with one attached hydrogen (secondary N) is 1. The number of hydrogen-bond acceptors (Lipinski definition) is 3. The summed E-state index contributed by atoms with van der Waals surface area (Å²) in [5.41, 5.74) is 1.55. The fraction of sp³-hybridized carbons (Fsp3) is 0.500. The normalized spacial score (nSPS) is 22.6. The summed E-state index contributed by atoms with van der Waals surface area (Å²) < 4.78 is 27.0. The molecule has 0 spiro atoms.